The molecule has 2 aliphatic carbocycles. The largest absolute Gasteiger partial charge is 0.303 e. The van der Waals surface area contributed by atoms with Gasteiger partial charge in [0.25, 0.3) is 0 Å². The van der Waals surface area contributed by atoms with Crippen LogP contribution in [0.25, 0.3) is 0 Å². The zero-order chi connectivity index (χ0) is 7.84. The number of fused-ring (bicyclic) bond motifs is 2. The van der Waals surface area contributed by atoms with E-state index in [-0.39, 0.29) is 5.92 Å². The van der Waals surface area contributed by atoms with Crippen molar-refractivity contribution < 1.29 is 4.79 Å². The number of carbonyl (C=O) groups is 1. The first-order valence-electron chi connectivity index (χ1n) is 4.45. The van der Waals surface area contributed by atoms with E-state index in [9.17, 15) is 4.79 Å². The zero-order valence-corrected chi connectivity index (χ0v) is 6.86. The minimum absolute atomic E-state index is 0.273. The van der Waals surface area contributed by atoms with Gasteiger partial charge in [0.2, 0.25) is 0 Å². The molecule has 0 aliphatic heterocycles. The Labute approximate surface area is 67.5 Å². The number of aldehydes is 1. The number of hydrogen-bond donors (Lipinski definition) is 0. The molecule has 2 aliphatic rings. The lowest BCUT2D eigenvalue weighted by Gasteiger charge is -2.20. The van der Waals surface area contributed by atoms with Gasteiger partial charge in [-0.05, 0) is 30.6 Å². The monoisotopic (exact) mass is 150 g/mol. The fourth-order valence-electron chi connectivity index (χ4n) is 2.53. The molecule has 2 rings (SSSR count). The second-order valence-electron chi connectivity index (χ2n) is 3.94. The van der Waals surface area contributed by atoms with E-state index in [2.05, 4.69) is 12.2 Å². The number of carbonyl (C=O) groups excluding carboxylic acids is 1. The lowest BCUT2D eigenvalue weighted by atomic mass is 9.84. The Bertz CT molecular complexity index is 195. The number of hydrogen-bond acceptors (Lipinski definition) is 1. The van der Waals surface area contributed by atoms with Crippen LogP contribution in [-0.2, 0) is 4.79 Å². The van der Waals surface area contributed by atoms with Gasteiger partial charge in [-0.2, -0.15) is 0 Å². The van der Waals surface area contributed by atoms with Crippen molar-refractivity contribution in [3.63, 3.8) is 0 Å². The maximum absolute atomic E-state index is 10.5. The van der Waals surface area contributed by atoms with Crippen LogP contribution in [0, 0.1) is 23.7 Å². The van der Waals surface area contributed by atoms with E-state index < -0.39 is 0 Å². The van der Waals surface area contributed by atoms with Crippen LogP contribution in [0.2, 0.25) is 0 Å². The Balaban J connectivity index is 2.08. The average molecular weight is 150 g/mol. The second-order valence-corrected chi connectivity index (χ2v) is 3.94. The lowest BCUT2D eigenvalue weighted by molar-refractivity contribution is -0.112. The highest BCUT2D eigenvalue weighted by Crippen LogP contribution is 2.46. The molecule has 60 valence electrons. The van der Waals surface area contributed by atoms with Gasteiger partial charge in [-0.25, -0.2) is 0 Å². The summed E-state index contributed by atoms with van der Waals surface area (Å²) in [6.45, 7) is 2.05. The highest BCUT2D eigenvalue weighted by Gasteiger charge is 2.38. The molecule has 0 spiro atoms. The van der Waals surface area contributed by atoms with E-state index in [0.717, 1.165) is 18.1 Å². The maximum Gasteiger partial charge on any atom is 0.123 e. The summed E-state index contributed by atoms with van der Waals surface area (Å²) < 4.78 is 0. The Morgan fingerprint density at radius 3 is 2.73 bits per heavy atom. The predicted octanol–water partition coefficient (Wildman–Crippen LogP) is 2.03. The minimum Gasteiger partial charge on any atom is -0.303 e. The quantitative estimate of drug-likeness (QED) is 0.435. The summed E-state index contributed by atoms with van der Waals surface area (Å²) >= 11 is 0. The molecule has 1 fully saturated rings. The van der Waals surface area contributed by atoms with Crippen LogP contribution < -0.4 is 0 Å². The smallest absolute Gasteiger partial charge is 0.123 e. The molecule has 0 N–H and O–H groups in total. The van der Waals surface area contributed by atoms with Gasteiger partial charge in [0.1, 0.15) is 6.29 Å². The molecule has 0 amide bonds. The van der Waals surface area contributed by atoms with E-state index in [1.54, 1.807) is 0 Å². The van der Waals surface area contributed by atoms with Gasteiger partial charge in [-0.3, -0.25) is 0 Å². The van der Waals surface area contributed by atoms with Gasteiger partial charge in [0, 0.05) is 5.92 Å². The van der Waals surface area contributed by atoms with Crippen molar-refractivity contribution in [3.05, 3.63) is 12.2 Å². The Kier molecular flexibility index (Phi) is 1.59. The van der Waals surface area contributed by atoms with Crippen LogP contribution in [-0.4, -0.2) is 6.29 Å². The summed E-state index contributed by atoms with van der Waals surface area (Å²) in [4.78, 5) is 10.5. The third-order valence-corrected chi connectivity index (χ3v) is 3.22. The summed E-state index contributed by atoms with van der Waals surface area (Å²) in [6, 6.07) is 0. The molecule has 0 heterocycles. The van der Waals surface area contributed by atoms with Crippen molar-refractivity contribution >= 4 is 6.29 Å². The van der Waals surface area contributed by atoms with E-state index in [4.69, 9.17) is 0 Å². The van der Waals surface area contributed by atoms with Crippen molar-refractivity contribution in [3.8, 4) is 0 Å². The fraction of sp³-hybridized carbons (Fsp3) is 0.700. The molecule has 0 saturated heterocycles. The summed E-state index contributed by atoms with van der Waals surface area (Å²) in [5.41, 5.74) is 0. The maximum atomic E-state index is 10.5. The van der Waals surface area contributed by atoms with Crippen LogP contribution in [0.4, 0.5) is 0 Å². The summed E-state index contributed by atoms with van der Waals surface area (Å²) in [7, 11) is 0. The van der Waals surface area contributed by atoms with Crippen LogP contribution in [0.1, 0.15) is 19.8 Å². The molecule has 11 heavy (non-hydrogen) atoms. The normalized spacial score (nSPS) is 42.8. The molecule has 4 unspecified atom stereocenters. The second kappa shape index (κ2) is 2.47. The average Bonchev–Trinajstić information content (AvgIpc) is 2.62. The molecule has 0 aromatic rings. The van der Waals surface area contributed by atoms with E-state index in [1.165, 1.54) is 12.8 Å². The highest BCUT2D eigenvalue weighted by molar-refractivity contribution is 5.53. The first-order valence-corrected chi connectivity index (χ1v) is 4.45. The molecule has 2 bridgehead atoms. The first-order chi connectivity index (χ1) is 5.31. The van der Waals surface area contributed by atoms with Crippen molar-refractivity contribution in [2.75, 3.05) is 0 Å². The molecule has 4 atom stereocenters. The van der Waals surface area contributed by atoms with E-state index in [1.807, 2.05) is 6.92 Å². The Hall–Kier alpha value is -0.590. The van der Waals surface area contributed by atoms with Gasteiger partial charge < -0.3 is 4.79 Å². The molecule has 1 heteroatoms. The molecule has 0 radical (unpaired) electrons. The minimum atomic E-state index is 0.273. The molecular weight excluding hydrogens is 136 g/mol. The molecule has 0 aromatic carbocycles. The Morgan fingerprint density at radius 1 is 1.45 bits per heavy atom. The molecule has 1 saturated carbocycles. The van der Waals surface area contributed by atoms with Gasteiger partial charge in [-0.1, -0.05) is 19.1 Å². The van der Waals surface area contributed by atoms with E-state index >= 15 is 0 Å². The zero-order valence-electron chi connectivity index (χ0n) is 6.86. The molecule has 0 aromatic heterocycles. The standard InChI is InChI=1S/C10H14O/c1-7(6-11)10-5-8-2-3-9(10)4-8/h2-3,6-10H,4-5H2,1H3. The van der Waals surface area contributed by atoms with Crippen LogP contribution in [0.15, 0.2) is 12.2 Å². The van der Waals surface area contributed by atoms with Crippen molar-refractivity contribution in [2.45, 2.75) is 19.8 Å². The topological polar surface area (TPSA) is 17.1 Å². The number of allylic oxidation sites excluding steroid dienone is 2. The summed E-state index contributed by atoms with van der Waals surface area (Å²) in [5, 5.41) is 0. The van der Waals surface area contributed by atoms with Gasteiger partial charge in [-0.15, -0.1) is 0 Å². The SMILES string of the molecule is CC(C=O)C1CC2C=CC1C2. The lowest BCUT2D eigenvalue weighted by Crippen LogP contribution is -2.17. The third-order valence-electron chi connectivity index (χ3n) is 3.22. The van der Waals surface area contributed by atoms with E-state index in [0.29, 0.717) is 5.92 Å². The number of rotatable bonds is 2. The van der Waals surface area contributed by atoms with Crippen LogP contribution in [0.3, 0.4) is 0 Å². The van der Waals surface area contributed by atoms with Crippen molar-refractivity contribution in [1.82, 2.24) is 0 Å². The van der Waals surface area contributed by atoms with Gasteiger partial charge in [0.15, 0.2) is 0 Å². The predicted molar refractivity (Wildman–Crippen MR) is 44.1 cm³/mol. The molecule has 1 nitrogen and oxygen atoms in total. The highest BCUT2D eigenvalue weighted by atomic mass is 16.1. The Morgan fingerprint density at radius 2 is 2.27 bits per heavy atom. The first kappa shape index (κ1) is 7.08. The van der Waals surface area contributed by atoms with Crippen molar-refractivity contribution in [1.29, 1.82) is 0 Å². The molecular formula is C10H14O. The van der Waals surface area contributed by atoms with Crippen molar-refractivity contribution in [2.24, 2.45) is 23.7 Å². The fourth-order valence-corrected chi connectivity index (χ4v) is 2.53. The van der Waals surface area contributed by atoms with Crippen LogP contribution >= 0.6 is 0 Å². The summed E-state index contributed by atoms with van der Waals surface area (Å²) in [6.07, 6.45) is 8.29. The van der Waals surface area contributed by atoms with Gasteiger partial charge >= 0.3 is 0 Å². The summed E-state index contributed by atoms with van der Waals surface area (Å²) in [5.74, 6) is 2.45. The van der Waals surface area contributed by atoms with Gasteiger partial charge in [0.05, 0.1) is 0 Å². The third kappa shape index (κ3) is 1.03. The van der Waals surface area contributed by atoms with Crippen LogP contribution in [0.5, 0.6) is 0 Å².